The lowest BCUT2D eigenvalue weighted by Crippen LogP contribution is -2.04. The van der Waals surface area contributed by atoms with Gasteiger partial charge in [-0.25, -0.2) is 0 Å². The summed E-state index contributed by atoms with van der Waals surface area (Å²) in [5.41, 5.74) is 9.78. The second-order valence-electron chi connectivity index (χ2n) is 4.26. The fourth-order valence-electron chi connectivity index (χ4n) is 2.35. The first-order valence-electron chi connectivity index (χ1n) is 5.14. The molecule has 0 radical (unpaired) electrons. The second kappa shape index (κ2) is 2.94. The van der Waals surface area contributed by atoms with Gasteiger partial charge in [-0.2, -0.15) is 0 Å². The van der Waals surface area contributed by atoms with Gasteiger partial charge in [-0.05, 0) is 62.4 Å². The van der Waals surface area contributed by atoms with Crippen molar-refractivity contribution in [2.24, 2.45) is 4.99 Å². The van der Waals surface area contributed by atoms with E-state index < -0.39 is 0 Å². The van der Waals surface area contributed by atoms with E-state index in [-0.39, 0.29) is 0 Å². The topological polar surface area (TPSA) is 12.4 Å². The molecule has 0 aliphatic carbocycles. The average Bonchev–Trinajstić information content (AvgIpc) is 2.54. The molecular weight excluding hydrogens is 170 g/mol. The lowest BCUT2D eigenvalue weighted by Gasteiger charge is -2.15. The number of nitrogens with zero attached hydrogens (tertiary/aromatic N) is 1. The predicted molar refractivity (Wildman–Crippen MR) is 61.3 cm³/mol. The van der Waals surface area contributed by atoms with E-state index in [2.05, 4.69) is 39.6 Å². The smallest absolute Gasteiger partial charge is 0.0652 e. The molecule has 0 bridgehead atoms. The van der Waals surface area contributed by atoms with Crippen LogP contribution in [-0.4, -0.2) is 5.71 Å². The van der Waals surface area contributed by atoms with Gasteiger partial charge in [0.05, 0.1) is 6.54 Å². The van der Waals surface area contributed by atoms with Crippen molar-refractivity contribution in [2.75, 3.05) is 0 Å². The minimum absolute atomic E-state index is 0.884. The Bertz CT molecular complexity index is 439. The molecule has 0 saturated heterocycles. The molecule has 14 heavy (non-hydrogen) atoms. The lowest BCUT2D eigenvalue weighted by molar-refractivity contribution is 1.06. The van der Waals surface area contributed by atoms with Gasteiger partial charge in [0, 0.05) is 11.3 Å². The van der Waals surface area contributed by atoms with E-state index in [0.29, 0.717) is 0 Å². The van der Waals surface area contributed by atoms with Crippen LogP contribution in [-0.2, 0) is 6.54 Å². The van der Waals surface area contributed by atoms with E-state index >= 15 is 0 Å². The largest absolute Gasteiger partial charge is 0.285 e. The van der Waals surface area contributed by atoms with Crippen LogP contribution in [0.4, 0.5) is 0 Å². The van der Waals surface area contributed by atoms with Crippen molar-refractivity contribution in [3.63, 3.8) is 0 Å². The molecule has 1 heteroatoms. The van der Waals surface area contributed by atoms with Gasteiger partial charge in [-0.3, -0.25) is 4.99 Å². The molecule has 0 unspecified atom stereocenters. The third kappa shape index (κ3) is 1.05. The number of fused-ring (bicyclic) bond motifs is 1. The Balaban J connectivity index is 2.83. The van der Waals surface area contributed by atoms with Crippen LogP contribution in [0.2, 0.25) is 0 Å². The highest BCUT2D eigenvalue weighted by molar-refractivity contribution is 6.04. The van der Waals surface area contributed by atoms with Crippen molar-refractivity contribution in [2.45, 2.75) is 41.2 Å². The minimum atomic E-state index is 0.884. The Morgan fingerprint density at radius 1 is 0.786 bits per heavy atom. The molecule has 0 atom stereocenters. The summed E-state index contributed by atoms with van der Waals surface area (Å²) in [6.07, 6.45) is 0. The third-order valence-electron chi connectivity index (χ3n) is 3.65. The molecule has 1 aromatic rings. The lowest BCUT2D eigenvalue weighted by atomic mass is 9.89. The van der Waals surface area contributed by atoms with E-state index in [9.17, 15) is 0 Å². The summed E-state index contributed by atoms with van der Waals surface area (Å²) in [5.74, 6) is 0. The van der Waals surface area contributed by atoms with Crippen molar-refractivity contribution in [1.82, 2.24) is 0 Å². The summed E-state index contributed by atoms with van der Waals surface area (Å²) in [4.78, 5) is 4.52. The molecule has 0 amide bonds. The van der Waals surface area contributed by atoms with Crippen molar-refractivity contribution in [1.29, 1.82) is 0 Å². The quantitative estimate of drug-likeness (QED) is 0.591. The fraction of sp³-hybridized carbons (Fsp3) is 0.462. The van der Waals surface area contributed by atoms with Crippen molar-refractivity contribution in [3.05, 3.63) is 33.4 Å². The molecule has 2 rings (SSSR count). The SMILES string of the molecule is CC1=NCc2c(C)c(C)c(C)c(C)c21. The molecule has 1 heterocycles. The number of hydrogen-bond donors (Lipinski definition) is 0. The maximum atomic E-state index is 4.52. The molecule has 0 aromatic heterocycles. The summed E-state index contributed by atoms with van der Waals surface area (Å²) in [6.45, 7) is 11.9. The van der Waals surface area contributed by atoms with E-state index in [4.69, 9.17) is 0 Å². The normalized spacial score (nSPS) is 14.2. The van der Waals surface area contributed by atoms with Crippen molar-refractivity contribution in [3.8, 4) is 0 Å². The van der Waals surface area contributed by atoms with Gasteiger partial charge in [-0.1, -0.05) is 0 Å². The molecule has 1 aliphatic rings. The monoisotopic (exact) mass is 187 g/mol. The van der Waals surface area contributed by atoms with Gasteiger partial charge in [0.25, 0.3) is 0 Å². The Morgan fingerprint density at radius 2 is 1.36 bits per heavy atom. The van der Waals surface area contributed by atoms with Crippen LogP contribution in [0.25, 0.3) is 0 Å². The highest BCUT2D eigenvalue weighted by Crippen LogP contribution is 2.31. The van der Waals surface area contributed by atoms with Gasteiger partial charge in [-0.15, -0.1) is 0 Å². The van der Waals surface area contributed by atoms with Crippen LogP contribution in [0.3, 0.4) is 0 Å². The average molecular weight is 187 g/mol. The fourth-order valence-corrected chi connectivity index (χ4v) is 2.35. The van der Waals surface area contributed by atoms with Crippen LogP contribution in [0.1, 0.15) is 40.3 Å². The number of rotatable bonds is 0. The van der Waals surface area contributed by atoms with Crippen molar-refractivity contribution < 1.29 is 0 Å². The number of hydrogen-bond acceptors (Lipinski definition) is 1. The summed E-state index contributed by atoms with van der Waals surface area (Å²) in [6, 6.07) is 0. The zero-order valence-electron chi connectivity index (χ0n) is 9.65. The van der Waals surface area contributed by atoms with Crippen LogP contribution < -0.4 is 0 Å². The standard InChI is InChI=1S/C13H17N/c1-7-8(2)10(4)13-11(5)14-6-12(13)9(7)3/h6H2,1-5H3. The molecular formula is C13H17N. The Kier molecular flexibility index (Phi) is 1.99. The Morgan fingerprint density at radius 3 is 2.00 bits per heavy atom. The van der Waals surface area contributed by atoms with Crippen LogP contribution in [0.15, 0.2) is 4.99 Å². The molecule has 1 aliphatic heterocycles. The van der Waals surface area contributed by atoms with Crippen LogP contribution in [0, 0.1) is 27.7 Å². The summed E-state index contributed by atoms with van der Waals surface area (Å²) >= 11 is 0. The zero-order chi connectivity index (χ0) is 10.5. The Labute approximate surface area is 85.9 Å². The number of aliphatic imine (C=N–C) groups is 1. The summed E-state index contributed by atoms with van der Waals surface area (Å²) < 4.78 is 0. The zero-order valence-corrected chi connectivity index (χ0v) is 9.65. The van der Waals surface area contributed by atoms with Crippen LogP contribution in [0.5, 0.6) is 0 Å². The number of benzene rings is 1. The maximum absolute atomic E-state index is 4.52. The van der Waals surface area contributed by atoms with Crippen LogP contribution >= 0.6 is 0 Å². The predicted octanol–water partition coefficient (Wildman–Crippen LogP) is 3.24. The van der Waals surface area contributed by atoms with E-state index in [1.54, 1.807) is 0 Å². The molecule has 0 N–H and O–H groups in total. The van der Waals surface area contributed by atoms with Gasteiger partial charge in [0.1, 0.15) is 0 Å². The van der Waals surface area contributed by atoms with Gasteiger partial charge >= 0.3 is 0 Å². The van der Waals surface area contributed by atoms with Crippen molar-refractivity contribution >= 4 is 5.71 Å². The first-order valence-corrected chi connectivity index (χ1v) is 5.14. The second-order valence-corrected chi connectivity index (χ2v) is 4.26. The van der Waals surface area contributed by atoms with Gasteiger partial charge in [0.2, 0.25) is 0 Å². The third-order valence-corrected chi connectivity index (χ3v) is 3.65. The van der Waals surface area contributed by atoms with E-state index in [0.717, 1.165) is 6.54 Å². The first kappa shape index (κ1) is 9.45. The van der Waals surface area contributed by atoms with E-state index in [1.165, 1.54) is 39.1 Å². The molecule has 0 saturated carbocycles. The first-order chi connectivity index (χ1) is 6.54. The molecule has 0 spiro atoms. The maximum Gasteiger partial charge on any atom is 0.0652 e. The molecule has 1 nitrogen and oxygen atoms in total. The minimum Gasteiger partial charge on any atom is -0.285 e. The highest BCUT2D eigenvalue weighted by atomic mass is 14.8. The Hall–Kier alpha value is -1.11. The van der Waals surface area contributed by atoms with Gasteiger partial charge in [0.15, 0.2) is 0 Å². The van der Waals surface area contributed by atoms with E-state index in [1.807, 2.05) is 0 Å². The summed E-state index contributed by atoms with van der Waals surface area (Å²) in [5, 5.41) is 0. The summed E-state index contributed by atoms with van der Waals surface area (Å²) in [7, 11) is 0. The molecule has 0 fully saturated rings. The molecule has 74 valence electrons. The highest BCUT2D eigenvalue weighted by Gasteiger charge is 2.20. The van der Waals surface area contributed by atoms with Gasteiger partial charge < -0.3 is 0 Å². The molecule has 1 aromatic carbocycles.